The van der Waals surface area contributed by atoms with Crippen molar-refractivity contribution in [3.8, 4) is 17.0 Å². The Hall–Kier alpha value is -3.29. The Morgan fingerprint density at radius 1 is 1.16 bits per heavy atom. The number of fused-ring (bicyclic) bond motifs is 1. The average Bonchev–Trinajstić information content (AvgIpc) is 3.15. The maximum Gasteiger partial charge on any atom is 0.182 e. The smallest absolute Gasteiger partial charge is 0.182 e. The number of aryl methyl sites for hydroxylation is 1. The highest BCUT2D eigenvalue weighted by atomic mass is 19.1. The summed E-state index contributed by atoms with van der Waals surface area (Å²) in [7, 11) is 0. The predicted octanol–water partition coefficient (Wildman–Crippen LogP) is 4.31. The van der Waals surface area contributed by atoms with E-state index in [0.717, 1.165) is 35.8 Å². The Labute approximate surface area is 186 Å². The molecular weight excluding hydrogens is 405 g/mol. The van der Waals surface area contributed by atoms with Gasteiger partial charge in [0, 0.05) is 54.4 Å². The summed E-state index contributed by atoms with van der Waals surface area (Å²) in [6, 6.07) is 17.2. The van der Waals surface area contributed by atoms with Crippen molar-refractivity contribution < 1.29 is 9.50 Å². The SMILES string of the molecule is Cc1[nH]nc2nc(-c3ccc(O)cc3F)cc(CN3CC(C)NCC3c3ccccc3)c12. The molecule has 2 unspecified atom stereocenters. The molecule has 0 bridgehead atoms. The molecule has 4 aromatic rings. The minimum Gasteiger partial charge on any atom is -0.508 e. The molecule has 3 heterocycles. The number of benzene rings is 2. The zero-order chi connectivity index (χ0) is 22.2. The van der Waals surface area contributed by atoms with E-state index < -0.39 is 5.82 Å². The molecule has 2 aromatic carbocycles. The minimum absolute atomic E-state index is 0.108. The van der Waals surface area contributed by atoms with Crippen LogP contribution in [0.1, 0.15) is 29.8 Å². The fourth-order valence-electron chi connectivity index (χ4n) is 4.62. The number of nitrogens with one attached hydrogen (secondary N) is 2. The van der Waals surface area contributed by atoms with Crippen LogP contribution in [0, 0.1) is 12.7 Å². The maximum absolute atomic E-state index is 14.6. The lowest BCUT2D eigenvalue weighted by molar-refractivity contribution is 0.128. The summed E-state index contributed by atoms with van der Waals surface area (Å²) in [6.07, 6.45) is 0. The summed E-state index contributed by atoms with van der Waals surface area (Å²) in [5, 5.41) is 21.6. The first-order chi connectivity index (χ1) is 15.5. The molecule has 1 aliphatic heterocycles. The fourth-order valence-corrected chi connectivity index (χ4v) is 4.62. The van der Waals surface area contributed by atoms with Gasteiger partial charge in [0.25, 0.3) is 0 Å². The molecular formula is C25H26FN5O. The summed E-state index contributed by atoms with van der Waals surface area (Å²) in [6.45, 7) is 6.62. The third-order valence-corrected chi connectivity index (χ3v) is 6.18. The van der Waals surface area contributed by atoms with Crippen molar-refractivity contribution in [2.45, 2.75) is 32.5 Å². The molecule has 0 spiro atoms. The van der Waals surface area contributed by atoms with Gasteiger partial charge in [-0.2, -0.15) is 5.10 Å². The topological polar surface area (TPSA) is 77.1 Å². The van der Waals surface area contributed by atoms with Crippen molar-refractivity contribution in [1.82, 2.24) is 25.4 Å². The van der Waals surface area contributed by atoms with Gasteiger partial charge in [-0.1, -0.05) is 30.3 Å². The Morgan fingerprint density at radius 2 is 1.97 bits per heavy atom. The van der Waals surface area contributed by atoms with E-state index in [4.69, 9.17) is 0 Å². The highest BCUT2D eigenvalue weighted by molar-refractivity contribution is 5.84. The Balaban J connectivity index is 1.58. The molecule has 5 rings (SSSR count). The molecule has 164 valence electrons. The highest BCUT2D eigenvalue weighted by Gasteiger charge is 2.28. The molecule has 1 aliphatic rings. The Kier molecular flexibility index (Phi) is 5.36. The number of halogens is 1. The summed E-state index contributed by atoms with van der Waals surface area (Å²) in [5.41, 5.74) is 4.70. The van der Waals surface area contributed by atoms with Crippen LogP contribution in [0.3, 0.4) is 0 Å². The third kappa shape index (κ3) is 3.85. The molecule has 6 nitrogen and oxygen atoms in total. The van der Waals surface area contributed by atoms with E-state index in [-0.39, 0.29) is 11.8 Å². The van der Waals surface area contributed by atoms with Gasteiger partial charge in [-0.25, -0.2) is 9.37 Å². The number of rotatable bonds is 4. The lowest BCUT2D eigenvalue weighted by atomic mass is 9.99. The quantitative estimate of drug-likeness (QED) is 0.449. The second-order valence-corrected chi connectivity index (χ2v) is 8.54. The highest BCUT2D eigenvalue weighted by Crippen LogP contribution is 2.32. The summed E-state index contributed by atoms with van der Waals surface area (Å²) in [5.74, 6) is -0.614. The summed E-state index contributed by atoms with van der Waals surface area (Å²) < 4.78 is 14.6. The molecule has 0 aliphatic carbocycles. The number of nitrogens with zero attached hydrogens (tertiary/aromatic N) is 3. The number of phenolic OH excluding ortho intramolecular Hbond substituents is 1. The second kappa shape index (κ2) is 8.33. The molecule has 2 atom stereocenters. The van der Waals surface area contributed by atoms with E-state index in [9.17, 15) is 9.50 Å². The number of aromatic amines is 1. The molecule has 7 heteroatoms. The van der Waals surface area contributed by atoms with Gasteiger partial charge in [-0.15, -0.1) is 0 Å². The Morgan fingerprint density at radius 3 is 2.75 bits per heavy atom. The molecule has 0 amide bonds. The van der Waals surface area contributed by atoms with Crippen LogP contribution in [0.25, 0.3) is 22.3 Å². The van der Waals surface area contributed by atoms with Gasteiger partial charge in [-0.3, -0.25) is 10.00 Å². The van der Waals surface area contributed by atoms with Gasteiger partial charge in [0.15, 0.2) is 5.65 Å². The summed E-state index contributed by atoms with van der Waals surface area (Å²) in [4.78, 5) is 7.07. The molecule has 0 saturated carbocycles. The summed E-state index contributed by atoms with van der Waals surface area (Å²) >= 11 is 0. The van der Waals surface area contributed by atoms with Crippen molar-refractivity contribution >= 4 is 11.0 Å². The van der Waals surface area contributed by atoms with Crippen LogP contribution < -0.4 is 5.32 Å². The predicted molar refractivity (Wildman–Crippen MR) is 123 cm³/mol. The number of hydrogen-bond acceptors (Lipinski definition) is 5. The number of aromatic nitrogens is 3. The van der Waals surface area contributed by atoms with Crippen LogP contribution in [-0.4, -0.2) is 44.3 Å². The molecule has 3 N–H and O–H groups in total. The van der Waals surface area contributed by atoms with Crippen LogP contribution in [0.2, 0.25) is 0 Å². The third-order valence-electron chi connectivity index (χ3n) is 6.18. The van der Waals surface area contributed by atoms with Crippen molar-refractivity contribution in [3.05, 3.63) is 77.2 Å². The van der Waals surface area contributed by atoms with Gasteiger partial charge < -0.3 is 10.4 Å². The van der Waals surface area contributed by atoms with Crippen molar-refractivity contribution in [2.24, 2.45) is 0 Å². The van der Waals surface area contributed by atoms with Crippen LogP contribution >= 0.6 is 0 Å². The first kappa shape index (κ1) is 20.6. The first-order valence-corrected chi connectivity index (χ1v) is 10.9. The first-order valence-electron chi connectivity index (χ1n) is 10.9. The van der Waals surface area contributed by atoms with Gasteiger partial charge in [0.2, 0.25) is 0 Å². The molecule has 0 radical (unpaired) electrons. The number of H-pyrrole nitrogens is 1. The standard InChI is InChI=1S/C25H26FN5O/c1-15-13-31(23(12-27-15)17-6-4-3-5-7-17)14-18-10-22(20-9-8-19(32)11-21(20)26)28-25-24(18)16(2)29-30-25/h3-11,15,23,27,32H,12-14H2,1-2H3,(H,28,29,30). The van der Waals surface area contributed by atoms with Gasteiger partial charge >= 0.3 is 0 Å². The minimum atomic E-state index is -0.506. The van der Waals surface area contributed by atoms with E-state index >= 15 is 0 Å². The number of pyridine rings is 1. The number of phenols is 1. The number of aromatic hydroxyl groups is 1. The van der Waals surface area contributed by atoms with Crippen LogP contribution in [0.4, 0.5) is 4.39 Å². The molecule has 1 saturated heterocycles. The van der Waals surface area contributed by atoms with Crippen LogP contribution in [0.5, 0.6) is 5.75 Å². The molecule has 1 fully saturated rings. The lowest BCUT2D eigenvalue weighted by Gasteiger charge is -2.40. The number of piperazine rings is 1. The largest absolute Gasteiger partial charge is 0.508 e. The van der Waals surface area contributed by atoms with Crippen molar-refractivity contribution in [3.63, 3.8) is 0 Å². The zero-order valence-electron chi connectivity index (χ0n) is 18.1. The Bertz CT molecular complexity index is 1260. The van der Waals surface area contributed by atoms with E-state index in [1.165, 1.54) is 11.6 Å². The van der Waals surface area contributed by atoms with Crippen LogP contribution in [-0.2, 0) is 6.54 Å². The van der Waals surface area contributed by atoms with Crippen molar-refractivity contribution in [1.29, 1.82) is 0 Å². The second-order valence-electron chi connectivity index (χ2n) is 8.54. The van der Waals surface area contributed by atoms with E-state index in [1.807, 2.05) is 19.1 Å². The monoisotopic (exact) mass is 431 g/mol. The average molecular weight is 432 g/mol. The van der Waals surface area contributed by atoms with Gasteiger partial charge in [-0.05, 0) is 43.2 Å². The van der Waals surface area contributed by atoms with Gasteiger partial charge in [0.05, 0.1) is 5.69 Å². The van der Waals surface area contributed by atoms with Gasteiger partial charge in [0.1, 0.15) is 11.6 Å². The maximum atomic E-state index is 14.6. The molecule has 32 heavy (non-hydrogen) atoms. The lowest BCUT2D eigenvalue weighted by Crippen LogP contribution is -2.50. The van der Waals surface area contributed by atoms with E-state index in [1.54, 1.807) is 6.07 Å². The zero-order valence-corrected chi connectivity index (χ0v) is 18.1. The fraction of sp³-hybridized carbons (Fsp3) is 0.280. The molecule has 2 aromatic heterocycles. The van der Waals surface area contributed by atoms with E-state index in [2.05, 4.69) is 56.6 Å². The normalized spacial score (nSPS) is 19.5. The van der Waals surface area contributed by atoms with E-state index in [0.29, 0.717) is 29.5 Å². The van der Waals surface area contributed by atoms with Crippen LogP contribution in [0.15, 0.2) is 54.6 Å². The van der Waals surface area contributed by atoms with Crippen molar-refractivity contribution in [2.75, 3.05) is 13.1 Å². The number of hydrogen-bond donors (Lipinski definition) is 3.